The Balaban J connectivity index is 1.62. The van der Waals surface area contributed by atoms with Crippen molar-refractivity contribution in [3.63, 3.8) is 0 Å². The van der Waals surface area contributed by atoms with Crippen LogP contribution in [0.15, 0.2) is 82.1 Å². The standard InChI is InChI=1S/C31H26N2O6S/c1-4-37-30(35)26-27(19-8-6-5-7-9-19)32-31-33(28(26)20-10-12-22(36-3)13-11-20)29(34)25(40-31)16-21-15-24-23(14-18(21)2)38-17-39-24/h5-16,28H,4,17H2,1-3H3/t28-/m1/s1. The summed E-state index contributed by atoms with van der Waals surface area (Å²) in [5.41, 5.74) is 3.80. The number of rotatable bonds is 6. The van der Waals surface area contributed by atoms with Crippen LogP contribution in [0.1, 0.15) is 35.2 Å². The number of nitrogens with zero attached hydrogens (tertiary/aromatic N) is 2. The third kappa shape index (κ3) is 4.48. The zero-order chi connectivity index (χ0) is 27.8. The van der Waals surface area contributed by atoms with Gasteiger partial charge < -0.3 is 18.9 Å². The normalized spacial score (nSPS) is 16.0. The van der Waals surface area contributed by atoms with E-state index in [1.807, 2.05) is 79.7 Å². The summed E-state index contributed by atoms with van der Waals surface area (Å²) in [5, 5.41) is 0. The van der Waals surface area contributed by atoms with Crippen molar-refractivity contribution < 1.29 is 23.7 Å². The zero-order valence-electron chi connectivity index (χ0n) is 22.2. The van der Waals surface area contributed by atoms with Crippen LogP contribution in [-0.2, 0) is 9.53 Å². The summed E-state index contributed by atoms with van der Waals surface area (Å²) in [6, 6.07) is 19.8. The van der Waals surface area contributed by atoms with E-state index in [1.165, 1.54) is 11.3 Å². The molecular formula is C31H26N2O6S. The van der Waals surface area contributed by atoms with Gasteiger partial charge in [0.1, 0.15) is 5.75 Å². The molecule has 4 aromatic rings. The van der Waals surface area contributed by atoms with Crippen molar-refractivity contribution in [3.05, 3.63) is 114 Å². The minimum Gasteiger partial charge on any atom is -0.497 e. The summed E-state index contributed by atoms with van der Waals surface area (Å²) in [7, 11) is 1.59. The number of methoxy groups -OCH3 is 1. The molecule has 0 unspecified atom stereocenters. The fourth-order valence-corrected chi connectivity index (χ4v) is 5.89. The second-order valence-electron chi connectivity index (χ2n) is 9.27. The Hall–Kier alpha value is -4.63. The van der Waals surface area contributed by atoms with Gasteiger partial charge in [-0.15, -0.1) is 0 Å². The van der Waals surface area contributed by atoms with Crippen molar-refractivity contribution in [2.24, 2.45) is 4.99 Å². The van der Waals surface area contributed by atoms with Crippen LogP contribution in [0.2, 0.25) is 0 Å². The van der Waals surface area contributed by atoms with Crippen molar-refractivity contribution in [2.75, 3.05) is 20.5 Å². The third-order valence-electron chi connectivity index (χ3n) is 6.85. The number of carbonyl (C=O) groups is 1. The molecule has 0 fully saturated rings. The first-order valence-electron chi connectivity index (χ1n) is 12.8. The van der Waals surface area contributed by atoms with Gasteiger partial charge in [-0.25, -0.2) is 9.79 Å². The zero-order valence-corrected chi connectivity index (χ0v) is 23.0. The van der Waals surface area contributed by atoms with Crippen LogP contribution in [0.5, 0.6) is 17.2 Å². The van der Waals surface area contributed by atoms with E-state index in [4.69, 9.17) is 23.9 Å². The minimum atomic E-state index is -0.753. The lowest BCUT2D eigenvalue weighted by Gasteiger charge is -2.26. The first kappa shape index (κ1) is 25.6. The predicted molar refractivity (Wildman–Crippen MR) is 151 cm³/mol. The van der Waals surface area contributed by atoms with E-state index in [0.717, 1.165) is 22.3 Å². The molecule has 0 radical (unpaired) electrons. The van der Waals surface area contributed by atoms with Crippen molar-refractivity contribution in [1.82, 2.24) is 4.57 Å². The maximum Gasteiger partial charge on any atom is 0.338 e. The first-order chi connectivity index (χ1) is 19.5. The molecule has 0 bridgehead atoms. The first-order valence-corrected chi connectivity index (χ1v) is 13.6. The van der Waals surface area contributed by atoms with Gasteiger partial charge in [-0.2, -0.15) is 0 Å². The molecule has 0 saturated heterocycles. The van der Waals surface area contributed by atoms with Gasteiger partial charge in [-0.1, -0.05) is 53.8 Å². The van der Waals surface area contributed by atoms with Crippen LogP contribution >= 0.6 is 11.3 Å². The van der Waals surface area contributed by atoms with Crippen LogP contribution in [0.25, 0.3) is 11.8 Å². The van der Waals surface area contributed by atoms with Crippen LogP contribution < -0.4 is 29.1 Å². The summed E-state index contributed by atoms with van der Waals surface area (Å²) < 4.78 is 24.0. The summed E-state index contributed by atoms with van der Waals surface area (Å²) in [6.45, 7) is 4.07. The molecule has 0 amide bonds. The molecule has 202 valence electrons. The van der Waals surface area contributed by atoms with Gasteiger partial charge in [0.15, 0.2) is 16.3 Å². The molecule has 2 aliphatic heterocycles. The number of hydrogen-bond acceptors (Lipinski definition) is 8. The highest BCUT2D eigenvalue weighted by molar-refractivity contribution is 7.07. The lowest BCUT2D eigenvalue weighted by Crippen LogP contribution is -2.40. The Labute approximate surface area is 234 Å². The summed E-state index contributed by atoms with van der Waals surface area (Å²) in [4.78, 5) is 33.0. The van der Waals surface area contributed by atoms with E-state index < -0.39 is 12.0 Å². The van der Waals surface area contributed by atoms with Crippen molar-refractivity contribution in [3.8, 4) is 17.2 Å². The molecule has 3 heterocycles. The monoisotopic (exact) mass is 554 g/mol. The number of aromatic nitrogens is 1. The average molecular weight is 555 g/mol. The fourth-order valence-electron chi connectivity index (χ4n) is 4.90. The number of hydrogen-bond donors (Lipinski definition) is 0. The molecule has 0 N–H and O–H groups in total. The van der Waals surface area contributed by atoms with E-state index in [1.54, 1.807) is 18.6 Å². The number of ether oxygens (including phenoxy) is 4. The van der Waals surface area contributed by atoms with Crippen LogP contribution in [0.3, 0.4) is 0 Å². The molecular weight excluding hydrogens is 528 g/mol. The van der Waals surface area contributed by atoms with Crippen molar-refractivity contribution in [2.45, 2.75) is 19.9 Å². The predicted octanol–water partition coefficient (Wildman–Crippen LogP) is 3.98. The van der Waals surface area contributed by atoms with Gasteiger partial charge in [0.05, 0.1) is 35.6 Å². The van der Waals surface area contributed by atoms with E-state index in [-0.39, 0.29) is 19.0 Å². The smallest absolute Gasteiger partial charge is 0.338 e. The molecule has 1 aromatic heterocycles. The number of fused-ring (bicyclic) bond motifs is 2. The topological polar surface area (TPSA) is 88.4 Å². The van der Waals surface area contributed by atoms with E-state index in [2.05, 4.69) is 0 Å². The van der Waals surface area contributed by atoms with Gasteiger partial charge in [0.2, 0.25) is 6.79 Å². The highest BCUT2D eigenvalue weighted by Gasteiger charge is 2.35. The molecule has 0 saturated carbocycles. The number of thiazole rings is 1. The third-order valence-corrected chi connectivity index (χ3v) is 7.84. The Morgan fingerprint density at radius 1 is 1.10 bits per heavy atom. The molecule has 9 heteroatoms. The van der Waals surface area contributed by atoms with Gasteiger partial charge in [-0.3, -0.25) is 9.36 Å². The second-order valence-corrected chi connectivity index (χ2v) is 10.3. The largest absolute Gasteiger partial charge is 0.497 e. The Morgan fingerprint density at radius 3 is 2.52 bits per heavy atom. The van der Waals surface area contributed by atoms with Crippen molar-refractivity contribution in [1.29, 1.82) is 0 Å². The molecule has 0 aliphatic carbocycles. The lowest BCUT2D eigenvalue weighted by molar-refractivity contribution is -0.138. The summed E-state index contributed by atoms with van der Waals surface area (Å²) in [5.74, 6) is 1.46. The summed E-state index contributed by atoms with van der Waals surface area (Å²) >= 11 is 1.28. The van der Waals surface area contributed by atoms with E-state index >= 15 is 0 Å². The Kier molecular flexibility index (Phi) is 6.73. The van der Waals surface area contributed by atoms with Gasteiger partial charge in [-0.05, 0) is 60.9 Å². The quantitative estimate of drug-likeness (QED) is 0.335. The van der Waals surface area contributed by atoms with Gasteiger partial charge >= 0.3 is 5.97 Å². The minimum absolute atomic E-state index is 0.168. The fraction of sp³-hybridized carbons (Fsp3) is 0.194. The molecule has 2 aliphatic rings. The second kappa shape index (κ2) is 10.5. The van der Waals surface area contributed by atoms with E-state index in [0.29, 0.717) is 37.9 Å². The van der Waals surface area contributed by atoms with Crippen molar-refractivity contribution >= 4 is 29.1 Å². The number of aryl methyl sites for hydroxylation is 1. The average Bonchev–Trinajstić information content (AvgIpc) is 3.56. The highest BCUT2D eigenvalue weighted by Crippen LogP contribution is 2.36. The molecule has 8 nitrogen and oxygen atoms in total. The molecule has 3 aromatic carbocycles. The lowest BCUT2D eigenvalue weighted by atomic mass is 9.93. The summed E-state index contributed by atoms with van der Waals surface area (Å²) in [6.07, 6.45) is 1.84. The molecule has 40 heavy (non-hydrogen) atoms. The van der Waals surface area contributed by atoms with Gasteiger partial charge in [0, 0.05) is 5.56 Å². The molecule has 1 atom stereocenters. The SMILES string of the molecule is CCOC(=O)C1=C(c2ccccc2)N=c2sc(=Cc3cc4c(cc3C)OCO4)c(=O)n2[C@@H]1c1ccc(OC)cc1. The highest BCUT2D eigenvalue weighted by atomic mass is 32.1. The van der Waals surface area contributed by atoms with Gasteiger partial charge in [0.25, 0.3) is 5.56 Å². The maximum absolute atomic E-state index is 14.1. The number of carbonyl (C=O) groups excluding carboxylic acids is 1. The Morgan fingerprint density at radius 2 is 1.82 bits per heavy atom. The van der Waals surface area contributed by atoms with Crippen LogP contribution in [0, 0.1) is 6.92 Å². The number of benzene rings is 3. The van der Waals surface area contributed by atoms with E-state index in [9.17, 15) is 9.59 Å². The van der Waals surface area contributed by atoms with Crippen LogP contribution in [-0.4, -0.2) is 31.0 Å². The van der Waals surface area contributed by atoms with Crippen LogP contribution in [0.4, 0.5) is 0 Å². The maximum atomic E-state index is 14.1. The number of esters is 1. The molecule has 6 rings (SSSR count). The Bertz CT molecular complexity index is 1820. The molecule has 0 spiro atoms.